The molecule has 0 aliphatic heterocycles. The highest BCUT2D eigenvalue weighted by atomic mass is 16.2. The maximum Gasteiger partial charge on any atom is 0.228 e. The zero-order chi connectivity index (χ0) is 10.2. The number of amides is 2. The summed E-state index contributed by atoms with van der Waals surface area (Å²) in [6.07, 6.45) is 1.31. The van der Waals surface area contributed by atoms with Crippen LogP contribution in [0.1, 0.15) is 13.8 Å². The van der Waals surface area contributed by atoms with Gasteiger partial charge in [-0.05, 0) is 11.6 Å². The smallest absolute Gasteiger partial charge is 0.228 e. The molecule has 0 aromatic heterocycles. The molecule has 0 spiro atoms. The third-order valence-electron chi connectivity index (χ3n) is 2.66. The van der Waals surface area contributed by atoms with E-state index in [0.29, 0.717) is 0 Å². The lowest BCUT2D eigenvalue weighted by Crippen LogP contribution is -2.23. The molecule has 0 radical (unpaired) electrons. The minimum absolute atomic E-state index is 0.177. The van der Waals surface area contributed by atoms with Crippen molar-refractivity contribution in [1.82, 2.24) is 5.32 Å². The first-order chi connectivity index (χ1) is 5.92. The van der Waals surface area contributed by atoms with Gasteiger partial charge in [-0.2, -0.15) is 0 Å². The minimum Gasteiger partial charge on any atom is -0.369 e. The van der Waals surface area contributed by atoms with E-state index in [0.717, 1.165) is 0 Å². The van der Waals surface area contributed by atoms with Gasteiger partial charge in [-0.15, -0.1) is 0 Å². The molecule has 0 bridgehead atoms. The molecule has 3 N–H and O–H groups in total. The van der Waals surface area contributed by atoms with E-state index < -0.39 is 5.91 Å². The number of carbonyl (C=O) groups is 2. The van der Waals surface area contributed by atoms with Crippen molar-refractivity contribution in [1.29, 1.82) is 0 Å². The number of rotatable bonds is 3. The summed E-state index contributed by atoms with van der Waals surface area (Å²) < 4.78 is 0. The molecular weight excluding hydrogens is 168 g/mol. The Morgan fingerprint density at radius 3 is 2.31 bits per heavy atom. The highest BCUT2D eigenvalue weighted by molar-refractivity contribution is 5.94. The normalized spacial score (nSPS) is 29.1. The van der Waals surface area contributed by atoms with E-state index in [1.165, 1.54) is 6.20 Å². The summed E-state index contributed by atoms with van der Waals surface area (Å²) >= 11 is 0. The Hall–Kier alpha value is -1.32. The van der Waals surface area contributed by atoms with Gasteiger partial charge in [-0.3, -0.25) is 9.59 Å². The highest BCUT2D eigenvalue weighted by Gasteiger charge is 2.64. The minimum atomic E-state index is -0.408. The molecule has 1 aliphatic carbocycles. The van der Waals surface area contributed by atoms with Crippen LogP contribution in [0.2, 0.25) is 0 Å². The van der Waals surface area contributed by atoms with Crippen LogP contribution in [0.4, 0.5) is 0 Å². The standard InChI is InChI=1S/C9H14N2O2/c1-4-11-8(13)6-5(7(10)12)9(6,2)3/h4-6H,1H2,2-3H3,(H2,10,12)(H,11,13). The maximum atomic E-state index is 11.3. The van der Waals surface area contributed by atoms with E-state index in [9.17, 15) is 9.59 Å². The van der Waals surface area contributed by atoms with Crippen LogP contribution in [0.15, 0.2) is 12.8 Å². The molecule has 1 rings (SSSR count). The Morgan fingerprint density at radius 1 is 1.46 bits per heavy atom. The first-order valence-corrected chi connectivity index (χ1v) is 4.13. The van der Waals surface area contributed by atoms with Gasteiger partial charge in [0.05, 0.1) is 11.8 Å². The topological polar surface area (TPSA) is 72.2 Å². The van der Waals surface area contributed by atoms with Crippen molar-refractivity contribution >= 4 is 11.8 Å². The lowest BCUT2D eigenvalue weighted by Gasteiger charge is -1.99. The largest absolute Gasteiger partial charge is 0.369 e. The van der Waals surface area contributed by atoms with Crippen molar-refractivity contribution < 1.29 is 9.59 Å². The molecule has 2 atom stereocenters. The summed E-state index contributed by atoms with van der Waals surface area (Å²) in [5.41, 5.74) is 4.85. The fraction of sp³-hybridized carbons (Fsp3) is 0.556. The van der Waals surface area contributed by atoms with E-state index in [1.54, 1.807) is 0 Å². The second-order valence-corrected chi connectivity index (χ2v) is 3.89. The van der Waals surface area contributed by atoms with Crippen LogP contribution in [-0.4, -0.2) is 11.8 Å². The number of nitrogens with one attached hydrogen (secondary N) is 1. The number of primary amides is 1. The summed E-state index contributed by atoms with van der Waals surface area (Å²) in [6.45, 7) is 7.09. The van der Waals surface area contributed by atoms with Gasteiger partial charge in [0.1, 0.15) is 0 Å². The molecule has 0 aromatic rings. The summed E-state index contributed by atoms with van der Waals surface area (Å²) in [5, 5.41) is 2.47. The van der Waals surface area contributed by atoms with Crippen molar-refractivity contribution in [2.45, 2.75) is 13.8 Å². The molecule has 1 saturated carbocycles. The quantitative estimate of drug-likeness (QED) is 0.645. The molecule has 4 heteroatoms. The summed E-state index contributed by atoms with van der Waals surface area (Å²) in [6, 6.07) is 0. The zero-order valence-corrected chi connectivity index (χ0v) is 7.83. The molecule has 1 aliphatic rings. The van der Waals surface area contributed by atoms with Gasteiger partial charge in [-0.1, -0.05) is 20.4 Å². The van der Waals surface area contributed by atoms with Crippen LogP contribution in [0.5, 0.6) is 0 Å². The van der Waals surface area contributed by atoms with E-state index in [2.05, 4.69) is 11.9 Å². The molecule has 0 heterocycles. The average Bonchev–Trinajstić information content (AvgIpc) is 2.54. The van der Waals surface area contributed by atoms with E-state index in [1.807, 2.05) is 13.8 Å². The average molecular weight is 182 g/mol. The fourth-order valence-corrected chi connectivity index (χ4v) is 1.85. The predicted octanol–water partition coefficient (Wildman–Crippen LogP) is 0.00360. The second-order valence-electron chi connectivity index (χ2n) is 3.89. The predicted molar refractivity (Wildman–Crippen MR) is 48.3 cm³/mol. The van der Waals surface area contributed by atoms with E-state index >= 15 is 0 Å². The van der Waals surface area contributed by atoms with Gasteiger partial charge < -0.3 is 11.1 Å². The monoisotopic (exact) mass is 182 g/mol. The Kier molecular flexibility index (Phi) is 2.15. The summed E-state index contributed by atoms with van der Waals surface area (Å²) in [5.74, 6) is -1.23. The van der Waals surface area contributed by atoms with Crippen LogP contribution in [0.25, 0.3) is 0 Å². The van der Waals surface area contributed by atoms with Crippen molar-refractivity contribution in [2.24, 2.45) is 23.0 Å². The van der Waals surface area contributed by atoms with Gasteiger partial charge >= 0.3 is 0 Å². The van der Waals surface area contributed by atoms with Crippen molar-refractivity contribution in [3.05, 3.63) is 12.8 Å². The Labute approximate surface area is 77.2 Å². The number of hydrogen-bond donors (Lipinski definition) is 2. The maximum absolute atomic E-state index is 11.3. The molecule has 0 aromatic carbocycles. The van der Waals surface area contributed by atoms with Crippen molar-refractivity contribution in [3.8, 4) is 0 Å². The van der Waals surface area contributed by atoms with Crippen molar-refractivity contribution in [2.75, 3.05) is 0 Å². The van der Waals surface area contributed by atoms with E-state index in [-0.39, 0.29) is 23.2 Å². The lowest BCUT2D eigenvalue weighted by molar-refractivity contribution is -0.125. The molecule has 1 fully saturated rings. The molecule has 72 valence electrons. The Bertz CT molecular complexity index is 271. The van der Waals surface area contributed by atoms with Crippen LogP contribution in [0, 0.1) is 17.3 Å². The fourth-order valence-electron chi connectivity index (χ4n) is 1.85. The molecule has 2 amide bonds. The third kappa shape index (κ3) is 1.43. The van der Waals surface area contributed by atoms with Gasteiger partial charge in [0.25, 0.3) is 0 Å². The number of nitrogens with two attached hydrogens (primary N) is 1. The molecule has 0 saturated heterocycles. The SMILES string of the molecule is C=CNC(=O)C1C(C(N)=O)C1(C)C. The second kappa shape index (κ2) is 2.87. The van der Waals surface area contributed by atoms with Crippen molar-refractivity contribution in [3.63, 3.8) is 0 Å². The van der Waals surface area contributed by atoms with Crippen LogP contribution < -0.4 is 11.1 Å². The summed E-state index contributed by atoms with van der Waals surface area (Å²) in [4.78, 5) is 22.3. The summed E-state index contributed by atoms with van der Waals surface area (Å²) in [7, 11) is 0. The van der Waals surface area contributed by atoms with Crippen LogP contribution in [0.3, 0.4) is 0 Å². The van der Waals surface area contributed by atoms with Gasteiger partial charge in [0.2, 0.25) is 11.8 Å². The molecule has 13 heavy (non-hydrogen) atoms. The molecule has 2 unspecified atom stereocenters. The van der Waals surface area contributed by atoms with Gasteiger partial charge in [0.15, 0.2) is 0 Å². The van der Waals surface area contributed by atoms with E-state index in [4.69, 9.17) is 5.73 Å². The highest BCUT2D eigenvalue weighted by Crippen LogP contribution is 2.57. The number of hydrogen-bond acceptors (Lipinski definition) is 2. The Morgan fingerprint density at radius 2 is 2.00 bits per heavy atom. The van der Waals surface area contributed by atoms with Gasteiger partial charge in [-0.25, -0.2) is 0 Å². The van der Waals surface area contributed by atoms with Crippen LogP contribution in [-0.2, 0) is 9.59 Å². The number of carbonyl (C=O) groups excluding carboxylic acids is 2. The third-order valence-corrected chi connectivity index (χ3v) is 2.66. The first kappa shape index (κ1) is 9.77. The zero-order valence-electron chi connectivity index (χ0n) is 7.83. The van der Waals surface area contributed by atoms with Crippen LogP contribution >= 0.6 is 0 Å². The van der Waals surface area contributed by atoms with Gasteiger partial charge in [0, 0.05) is 0 Å². The molecule has 4 nitrogen and oxygen atoms in total. The first-order valence-electron chi connectivity index (χ1n) is 4.13. The lowest BCUT2D eigenvalue weighted by atomic mass is 10.1. The Balaban J connectivity index is 2.70. The molecular formula is C9H14N2O2.